The molecule has 0 spiro atoms. The molecule has 0 saturated heterocycles. The molecule has 0 aliphatic rings. The molecule has 4 rings (SSSR count). The Morgan fingerprint density at radius 3 is 2.26 bits per heavy atom. The number of carbonyl (C=O) groups is 2. The number of carbonyl (C=O) groups excluding carboxylic acids is 2. The second-order valence-corrected chi connectivity index (χ2v) is 8.21. The van der Waals surface area contributed by atoms with E-state index in [2.05, 4.69) is 10.3 Å². The van der Waals surface area contributed by atoms with Gasteiger partial charge in [-0.1, -0.05) is 54.6 Å². The van der Waals surface area contributed by atoms with Crippen molar-refractivity contribution in [2.45, 2.75) is 32.4 Å². The molecule has 0 aliphatic heterocycles. The van der Waals surface area contributed by atoms with Crippen LogP contribution in [0.5, 0.6) is 0 Å². The Labute approximate surface area is 194 Å². The van der Waals surface area contributed by atoms with Gasteiger partial charge < -0.3 is 10.3 Å². The number of halogens is 3. The molecule has 0 saturated carbocycles. The highest BCUT2D eigenvalue weighted by Crippen LogP contribution is 2.38. The summed E-state index contributed by atoms with van der Waals surface area (Å²) in [5.74, 6) is -0.589. The van der Waals surface area contributed by atoms with Crippen LogP contribution in [0, 0.1) is 0 Å². The molecule has 34 heavy (non-hydrogen) atoms. The van der Waals surface area contributed by atoms with Crippen LogP contribution < -0.4 is 5.32 Å². The molecule has 0 fully saturated rings. The third-order valence-corrected chi connectivity index (χ3v) is 5.65. The van der Waals surface area contributed by atoms with Crippen LogP contribution in [0.1, 0.15) is 39.7 Å². The van der Waals surface area contributed by atoms with Gasteiger partial charge in [0, 0.05) is 24.2 Å². The minimum Gasteiger partial charge on any atom is -0.352 e. The fourth-order valence-electron chi connectivity index (χ4n) is 4.04. The number of aromatic nitrogens is 1. The van der Waals surface area contributed by atoms with Crippen LogP contribution >= 0.6 is 0 Å². The number of Topliss-reactive ketones (excluding diaryl/α,β-unsaturated/α-hetero) is 1. The molecule has 1 amide bonds. The highest BCUT2D eigenvalue weighted by Gasteiger charge is 2.36. The second-order valence-electron chi connectivity index (χ2n) is 8.21. The summed E-state index contributed by atoms with van der Waals surface area (Å²) in [5.41, 5.74) is 2.22. The Bertz CT molecular complexity index is 1310. The molecule has 7 heteroatoms. The summed E-state index contributed by atoms with van der Waals surface area (Å²) in [6, 6.07) is 21.0. The maximum atomic E-state index is 13.7. The van der Waals surface area contributed by atoms with Crippen LogP contribution in [-0.2, 0) is 30.2 Å². The molecule has 2 N–H and O–H groups in total. The van der Waals surface area contributed by atoms with E-state index in [1.165, 1.54) is 25.1 Å². The summed E-state index contributed by atoms with van der Waals surface area (Å²) >= 11 is 0. The van der Waals surface area contributed by atoms with Gasteiger partial charge in [-0.15, -0.1) is 0 Å². The summed E-state index contributed by atoms with van der Waals surface area (Å²) in [6.45, 7) is 1.18. The van der Waals surface area contributed by atoms with Crippen molar-refractivity contribution in [3.63, 3.8) is 0 Å². The zero-order valence-corrected chi connectivity index (χ0v) is 18.5. The number of rotatable bonds is 7. The number of hydrogen-bond acceptors (Lipinski definition) is 2. The Balaban J connectivity index is 1.44. The first-order valence-electron chi connectivity index (χ1n) is 10.9. The first kappa shape index (κ1) is 23.3. The Morgan fingerprint density at radius 1 is 0.882 bits per heavy atom. The molecule has 174 valence electrons. The van der Waals surface area contributed by atoms with Gasteiger partial charge in [0.25, 0.3) is 0 Å². The lowest BCUT2D eigenvalue weighted by Gasteiger charge is -2.17. The van der Waals surface area contributed by atoms with Gasteiger partial charge >= 0.3 is 6.18 Å². The number of anilines is 1. The quantitative estimate of drug-likeness (QED) is 0.313. The Morgan fingerprint density at radius 2 is 1.59 bits per heavy atom. The summed E-state index contributed by atoms with van der Waals surface area (Å²) in [7, 11) is 0. The highest BCUT2D eigenvalue weighted by molar-refractivity contribution is 6.00. The van der Waals surface area contributed by atoms with Crippen LogP contribution in [-0.4, -0.2) is 16.7 Å². The van der Waals surface area contributed by atoms with Crippen molar-refractivity contribution in [1.29, 1.82) is 0 Å². The van der Waals surface area contributed by atoms with Crippen molar-refractivity contribution in [2.24, 2.45) is 0 Å². The Kier molecular flexibility index (Phi) is 6.54. The first-order chi connectivity index (χ1) is 16.2. The van der Waals surface area contributed by atoms with E-state index in [9.17, 15) is 22.8 Å². The number of amides is 1. The van der Waals surface area contributed by atoms with Gasteiger partial charge in [-0.2, -0.15) is 13.2 Å². The third-order valence-electron chi connectivity index (χ3n) is 5.65. The lowest BCUT2D eigenvalue weighted by molar-refractivity contribution is -0.137. The molecule has 4 nitrogen and oxygen atoms in total. The van der Waals surface area contributed by atoms with E-state index in [-0.39, 0.29) is 29.9 Å². The molecule has 1 aromatic heterocycles. The SMILES string of the molecule is CC(=O)Nc1cccc(CCc2ccc(CC(=O)c3cc4ccccc4[nH]3)cc2)c1C(F)(F)F. The van der Waals surface area contributed by atoms with Gasteiger partial charge in [0.15, 0.2) is 5.78 Å². The zero-order valence-electron chi connectivity index (χ0n) is 18.5. The number of fused-ring (bicyclic) bond motifs is 1. The lowest BCUT2D eigenvalue weighted by atomic mass is 9.97. The topological polar surface area (TPSA) is 62.0 Å². The summed E-state index contributed by atoms with van der Waals surface area (Å²) in [6.07, 6.45) is -3.80. The maximum Gasteiger partial charge on any atom is 0.418 e. The zero-order chi connectivity index (χ0) is 24.3. The Hall–Kier alpha value is -3.87. The van der Waals surface area contributed by atoms with Crippen molar-refractivity contribution in [1.82, 2.24) is 4.98 Å². The van der Waals surface area contributed by atoms with Crippen LogP contribution in [0.25, 0.3) is 10.9 Å². The first-order valence-corrected chi connectivity index (χ1v) is 10.9. The van der Waals surface area contributed by atoms with Crippen molar-refractivity contribution in [3.05, 3.63) is 101 Å². The van der Waals surface area contributed by atoms with Crippen molar-refractivity contribution < 1.29 is 22.8 Å². The number of ketones is 1. The van der Waals surface area contributed by atoms with Gasteiger partial charge in [-0.25, -0.2) is 0 Å². The van der Waals surface area contributed by atoms with Gasteiger partial charge in [-0.05, 0) is 47.7 Å². The fraction of sp³-hybridized carbons (Fsp3) is 0.185. The van der Waals surface area contributed by atoms with Crippen LogP contribution in [0.4, 0.5) is 18.9 Å². The summed E-state index contributed by atoms with van der Waals surface area (Å²) in [4.78, 5) is 27.1. The molecule has 4 aromatic rings. The average Bonchev–Trinajstić information content (AvgIpc) is 3.22. The number of aryl methyl sites for hydroxylation is 2. The number of nitrogens with one attached hydrogen (secondary N) is 2. The standard InChI is InChI=1S/C27H23F3N2O2/c1-17(33)31-23-8-4-6-20(26(23)27(28,29)30)14-13-18-9-11-19(12-10-18)15-25(34)24-16-21-5-2-3-7-22(21)32-24/h2-12,16,32H,13-15H2,1H3,(H,31,33). The maximum absolute atomic E-state index is 13.7. The molecular formula is C27H23F3N2O2. The van der Waals surface area contributed by atoms with E-state index < -0.39 is 17.6 Å². The number of alkyl halides is 3. The predicted molar refractivity (Wildman–Crippen MR) is 126 cm³/mol. The molecule has 0 unspecified atom stereocenters. The molecular weight excluding hydrogens is 441 g/mol. The van der Waals surface area contributed by atoms with E-state index in [4.69, 9.17) is 0 Å². The van der Waals surface area contributed by atoms with E-state index in [0.29, 0.717) is 12.1 Å². The monoisotopic (exact) mass is 464 g/mol. The van der Waals surface area contributed by atoms with E-state index in [0.717, 1.165) is 22.0 Å². The highest BCUT2D eigenvalue weighted by atomic mass is 19.4. The van der Waals surface area contributed by atoms with Crippen molar-refractivity contribution in [3.8, 4) is 0 Å². The van der Waals surface area contributed by atoms with Crippen LogP contribution in [0.15, 0.2) is 72.8 Å². The molecule has 0 radical (unpaired) electrons. The number of aromatic amines is 1. The minimum absolute atomic E-state index is 0.0337. The summed E-state index contributed by atoms with van der Waals surface area (Å²) < 4.78 is 41.0. The van der Waals surface area contributed by atoms with Gasteiger partial charge in [0.1, 0.15) is 0 Å². The molecule has 0 bridgehead atoms. The van der Waals surface area contributed by atoms with Gasteiger partial charge in [-0.3, -0.25) is 9.59 Å². The molecule has 0 atom stereocenters. The van der Waals surface area contributed by atoms with Gasteiger partial charge in [0.05, 0.1) is 16.9 Å². The fourth-order valence-corrected chi connectivity index (χ4v) is 4.04. The van der Waals surface area contributed by atoms with E-state index in [1.807, 2.05) is 54.6 Å². The largest absolute Gasteiger partial charge is 0.418 e. The van der Waals surface area contributed by atoms with Crippen molar-refractivity contribution >= 4 is 28.3 Å². The number of H-pyrrole nitrogens is 1. The molecule has 0 aliphatic carbocycles. The second kappa shape index (κ2) is 9.55. The predicted octanol–water partition coefficient (Wildman–Crippen LogP) is 6.36. The normalized spacial score (nSPS) is 11.5. The smallest absolute Gasteiger partial charge is 0.352 e. The van der Waals surface area contributed by atoms with Crippen LogP contribution in [0.3, 0.4) is 0 Å². The average molecular weight is 464 g/mol. The number of para-hydroxylation sites is 1. The van der Waals surface area contributed by atoms with E-state index in [1.54, 1.807) is 0 Å². The molecule has 1 heterocycles. The van der Waals surface area contributed by atoms with Gasteiger partial charge in [0.2, 0.25) is 5.91 Å². The van der Waals surface area contributed by atoms with Crippen molar-refractivity contribution in [2.75, 3.05) is 5.32 Å². The molecule has 3 aromatic carbocycles. The number of benzene rings is 3. The van der Waals surface area contributed by atoms with E-state index >= 15 is 0 Å². The van der Waals surface area contributed by atoms with Crippen LogP contribution in [0.2, 0.25) is 0 Å². The minimum atomic E-state index is -4.58. The number of hydrogen-bond donors (Lipinski definition) is 2. The lowest BCUT2D eigenvalue weighted by Crippen LogP contribution is -2.16. The third kappa shape index (κ3) is 5.36. The summed E-state index contributed by atoms with van der Waals surface area (Å²) in [5, 5.41) is 3.25.